The molecular weight excluding hydrogens is 424 g/mol. The second-order valence-corrected chi connectivity index (χ2v) is 8.56. The van der Waals surface area contributed by atoms with Crippen LogP contribution >= 0.6 is 11.8 Å². The van der Waals surface area contributed by atoms with Crippen LogP contribution in [0.5, 0.6) is 5.75 Å². The lowest BCUT2D eigenvalue weighted by molar-refractivity contribution is -0.119. The van der Waals surface area contributed by atoms with Crippen molar-refractivity contribution < 1.29 is 14.3 Å². The molecule has 0 saturated carbocycles. The van der Waals surface area contributed by atoms with E-state index in [1.165, 1.54) is 17.3 Å². The van der Waals surface area contributed by atoms with Crippen LogP contribution in [0, 0.1) is 0 Å². The van der Waals surface area contributed by atoms with E-state index in [9.17, 15) is 4.79 Å². The Labute approximate surface area is 192 Å². The summed E-state index contributed by atoms with van der Waals surface area (Å²) in [7, 11) is 1.65. The summed E-state index contributed by atoms with van der Waals surface area (Å²) in [6.07, 6.45) is 3.03. The lowest BCUT2D eigenvalue weighted by Gasteiger charge is -2.13. The first kappa shape index (κ1) is 22.4. The van der Waals surface area contributed by atoms with Gasteiger partial charge >= 0.3 is 0 Å². The maximum atomic E-state index is 12.4. The smallest absolute Gasteiger partial charge is 0.230 e. The molecule has 1 amide bonds. The predicted octanol–water partition coefficient (Wildman–Crippen LogP) is 3.58. The van der Waals surface area contributed by atoms with E-state index in [4.69, 9.17) is 9.47 Å². The highest BCUT2D eigenvalue weighted by Gasteiger charge is 2.19. The molecule has 3 aromatic rings. The number of hydrogen-bond acceptors (Lipinski definition) is 6. The van der Waals surface area contributed by atoms with Gasteiger partial charge in [0.05, 0.1) is 24.5 Å². The van der Waals surface area contributed by atoms with Crippen LogP contribution in [0.15, 0.2) is 59.8 Å². The van der Waals surface area contributed by atoms with Gasteiger partial charge in [-0.05, 0) is 37.0 Å². The van der Waals surface area contributed by atoms with E-state index in [2.05, 4.69) is 32.2 Å². The molecular formula is C24H28N4O3S. The maximum Gasteiger partial charge on any atom is 0.230 e. The van der Waals surface area contributed by atoms with Crippen molar-refractivity contribution in [1.29, 1.82) is 0 Å². The van der Waals surface area contributed by atoms with Crippen molar-refractivity contribution in [3.05, 3.63) is 60.2 Å². The van der Waals surface area contributed by atoms with E-state index >= 15 is 0 Å². The molecule has 8 heteroatoms. The van der Waals surface area contributed by atoms with Crippen molar-refractivity contribution in [2.45, 2.75) is 37.1 Å². The number of aryl methyl sites for hydroxylation is 1. The average Bonchev–Trinajstić information content (AvgIpc) is 3.50. The lowest BCUT2D eigenvalue weighted by atomic mass is 10.1. The minimum absolute atomic E-state index is 0.0260. The number of carbonyl (C=O) groups excluding carboxylic acids is 1. The summed E-state index contributed by atoms with van der Waals surface area (Å²) >= 11 is 1.40. The third kappa shape index (κ3) is 5.69. The first-order valence-electron chi connectivity index (χ1n) is 10.9. The number of thioether (sulfide) groups is 1. The summed E-state index contributed by atoms with van der Waals surface area (Å²) in [6.45, 7) is 2.04. The number of hydrogen-bond donors (Lipinski definition) is 1. The standard InChI is InChI=1S/C24H28N4O3S/c1-30-21-12-6-5-11-20(21)23-26-27-24(28(23)14-13-18-8-3-2-4-9-18)32-17-22(29)25-16-19-10-7-15-31-19/h2-6,8-9,11-12,19H,7,10,13-17H2,1H3,(H,25,29). The van der Waals surface area contributed by atoms with E-state index < -0.39 is 0 Å². The highest BCUT2D eigenvalue weighted by molar-refractivity contribution is 7.99. The third-order valence-corrected chi connectivity index (χ3v) is 6.38. The number of para-hydroxylation sites is 1. The molecule has 1 aliphatic rings. The normalized spacial score (nSPS) is 15.6. The number of aromatic nitrogens is 3. The molecule has 0 bridgehead atoms. The number of amides is 1. The summed E-state index contributed by atoms with van der Waals surface area (Å²) in [5.41, 5.74) is 2.11. The van der Waals surface area contributed by atoms with E-state index in [0.717, 1.165) is 43.0 Å². The van der Waals surface area contributed by atoms with Crippen molar-refractivity contribution >= 4 is 17.7 Å². The highest BCUT2D eigenvalue weighted by atomic mass is 32.2. The van der Waals surface area contributed by atoms with Gasteiger partial charge in [-0.25, -0.2) is 0 Å². The van der Waals surface area contributed by atoms with Crippen LogP contribution in [0.4, 0.5) is 0 Å². The van der Waals surface area contributed by atoms with Crippen molar-refractivity contribution in [2.24, 2.45) is 0 Å². The van der Waals surface area contributed by atoms with Crippen LogP contribution in [0.1, 0.15) is 18.4 Å². The van der Waals surface area contributed by atoms with Gasteiger partial charge in [-0.1, -0.05) is 54.2 Å². The molecule has 1 aromatic heterocycles. The van der Waals surface area contributed by atoms with Crippen LogP contribution in [0.2, 0.25) is 0 Å². The second-order valence-electron chi connectivity index (χ2n) is 7.62. The van der Waals surface area contributed by atoms with Gasteiger partial charge in [-0.2, -0.15) is 0 Å². The van der Waals surface area contributed by atoms with Gasteiger partial charge in [-0.3, -0.25) is 4.79 Å². The monoisotopic (exact) mass is 452 g/mol. The summed E-state index contributed by atoms with van der Waals surface area (Å²) in [6, 6.07) is 18.1. The molecule has 4 rings (SSSR count). The molecule has 1 N–H and O–H groups in total. The molecule has 2 aromatic carbocycles. The van der Waals surface area contributed by atoms with E-state index in [-0.39, 0.29) is 17.8 Å². The van der Waals surface area contributed by atoms with Crippen molar-refractivity contribution in [3.63, 3.8) is 0 Å². The second kappa shape index (κ2) is 11.2. The molecule has 32 heavy (non-hydrogen) atoms. The molecule has 168 valence electrons. The largest absolute Gasteiger partial charge is 0.496 e. The van der Waals surface area contributed by atoms with Gasteiger partial charge in [-0.15, -0.1) is 10.2 Å². The van der Waals surface area contributed by atoms with Crippen LogP contribution < -0.4 is 10.1 Å². The third-order valence-electron chi connectivity index (χ3n) is 5.41. The van der Waals surface area contributed by atoms with Gasteiger partial charge in [0.2, 0.25) is 5.91 Å². The number of rotatable bonds is 10. The average molecular weight is 453 g/mol. The molecule has 7 nitrogen and oxygen atoms in total. The summed E-state index contributed by atoms with van der Waals surface area (Å²) in [4.78, 5) is 12.4. The molecule has 0 radical (unpaired) electrons. The van der Waals surface area contributed by atoms with Gasteiger partial charge < -0.3 is 19.4 Å². The number of methoxy groups -OCH3 is 1. The van der Waals surface area contributed by atoms with Crippen molar-refractivity contribution in [3.8, 4) is 17.1 Å². The molecule has 0 aliphatic carbocycles. The maximum absolute atomic E-state index is 12.4. The molecule has 1 fully saturated rings. The Hall–Kier alpha value is -2.84. The molecule has 2 heterocycles. The van der Waals surface area contributed by atoms with E-state index in [0.29, 0.717) is 18.2 Å². The van der Waals surface area contributed by atoms with Gasteiger partial charge in [0.1, 0.15) is 5.75 Å². The highest BCUT2D eigenvalue weighted by Crippen LogP contribution is 2.31. The van der Waals surface area contributed by atoms with Crippen molar-refractivity contribution in [2.75, 3.05) is 26.0 Å². The van der Waals surface area contributed by atoms with Gasteiger partial charge in [0.15, 0.2) is 11.0 Å². The fourth-order valence-corrected chi connectivity index (χ4v) is 4.52. The molecule has 1 atom stereocenters. The fourth-order valence-electron chi connectivity index (χ4n) is 3.73. The Balaban J connectivity index is 1.49. The first-order chi connectivity index (χ1) is 15.7. The Morgan fingerprint density at radius 2 is 2.00 bits per heavy atom. The summed E-state index contributed by atoms with van der Waals surface area (Å²) in [5, 5.41) is 12.5. The number of carbonyl (C=O) groups is 1. The number of ether oxygens (including phenoxy) is 2. The zero-order valence-electron chi connectivity index (χ0n) is 18.2. The van der Waals surface area contributed by atoms with Crippen LogP contribution in [0.3, 0.4) is 0 Å². The Morgan fingerprint density at radius 1 is 1.19 bits per heavy atom. The quantitative estimate of drug-likeness (QED) is 0.474. The fraction of sp³-hybridized carbons (Fsp3) is 0.375. The predicted molar refractivity (Wildman–Crippen MR) is 125 cm³/mol. The van der Waals surface area contributed by atoms with Crippen LogP contribution in [-0.2, 0) is 22.5 Å². The topological polar surface area (TPSA) is 78.3 Å². The number of benzene rings is 2. The van der Waals surface area contributed by atoms with Gasteiger partial charge in [0.25, 0.3) is 0 Å². The van der Waals surface area contributed by atoms with Gasteiger partial charge in [0, 0.05) is 19.7 Å². The Kier molecular flexibility index (Phi) is 7.79. The first-order valence-corrected chi connectivity index (χ1v) is 11.8. The molecule has 1 unspecified atom stereocenters. The Morgan fingerprint density at radius 3 is 2.78 bits per heavy atom. The van der Waals surface area contributed by atoms with E-state index in [1.807, 2.05) is 42.5 Å². The van der Waals surface area contributed by atoms with Crippen LogP contribution in [0.25, 0.3) is 11.4 Å². The molecule has 1 saturated heterocycles. The van der Waals surface area contributed by atoms with E-state index in [1.54, 1.807) is 7.11 Å². The lowest BCUT2D eigenvalue weighted by Crippen LogP contribution is -2.32. The SMILES string of the molecule is COc1ccccc1-c1nnc(SCC(=O)NCC2CCCO2)n1CCc1ccccc1. The molecule has 0 spiro atoms. The molecule has 1 aliphatic heterocycles. The Bertz CT molecular complexity index is 1020. The number of nitrogens with one attached hydrogen (secondary N) is 1. The summed E-state index contributed by atoms with van der Waals surface area (Å²) in [5.74, 6) is 1.73. The zero-order valence-corrected chi connectivity index (χ0v) is 19.0. The van der Waals surface area contributed by atoms with Crippen molar-refractivity contribution in [1.82, 2.24) is 20.1 Å². The van der Waals surface area contributed by atoms with Crippen LogP contribution in [-0.4, -0.2) is 52.8 Å². The minimum Gasteiger partial charge on any atom is -0.496 e. The number of nitrogens with zero attached hydrogens (tertiary/aromatic N) is 3. The minimum atomic E-state index is -0.0260. The summed E-state index contributed by atoms with van der Waals surface area (Å²) < 4.78 is 13.2. The zero-order chi connectivity index (χ0) is 22.2.